The predicted molar refractivity (Wildman–Crippen MR) is 100 cm³/mol. The first-order chi connectivity index (χ1) is 9.62. The number of aryl methyl sites for hydroxylation is 1. The molecular formula is C15H20BINO2P. The number of nitrogens with zero attached hydrogens (tertiary/aromatic N) is 1. The molecule has 1 aromatic heterocycles. The summed E-state index contributed by atoms with van der Waals surface area (Å²) in [6.45, 7) is 10.5. The Morgan fingerprint density at radius 3 is 2.29 bits per heavy atom. The van der Waals surface area contributed by atoms with Crippen LogP contribution in [0.25, 0.3) is 10.9 Å². The maximum Gasteiger partial charge on any atom is 0.495 e. The summed E-state index contributed by atoms with van der Waals surface area (Å²) < 4.78 is 15.7. The lowest BCUT2D eigenvalue weighted by atomic mass is 9.76. The Kier molecular flexibility index (Phi) is 3.72. The van der Waals surface area contributed by atoms with Crippen LogP contribution >= 0.6 is 32.0 Å². The number of hydrogen-bond donors (Lipinski definition) is 0. The number of hydrogen-bond acceptors (Lipinski definition) is 2. The third-order valence-corrected chi connectivity index (χ3v) is 5.97. The molecule has 1 saturated heterocycles. The number of rotatable bonds is 1. The lowest BCUT2D eigenvalue weighted by Crippen LogP contribution is -2.41. The number of benzene rings is 1. The highest BCUT2D eigenvalue weighted by atomic mass is 127. The topological polar surface area (TPSA) is 23.4 Å². The summed E-state index contributed by atoms with van der Waals surface area (Å²) in [5, 5.41) is 1.24. The van der Waals surface area contributed by atoms with Crippen LogP contribution in [0, 0.1) is 10.5 Å². The SMILES string of the molecule is Cc1cc2c(cc1B1OC(C)(C)C(C)(C)O1)c(I)cn2P. The predicted octanol–water partition coefficient (Wildman–Crippen LogP) is 3.49. The highest BCUT2D eigenvalue weighted by molar-refractivity contribution is 14.1. The van der Waals surface area contributed by atoms with E-state index >= 15 is 0 Å². The van der Waals surface area contributed by atoms with Crippen molar-refractivity contribution in [2.24, 2.45) is 0 Å². The van der Waals surface area contributed by atoms with Crippen LogP contribution in [0.15, 0.2) is 18.3 Å². The van der Waals surface area contributed by atoms with Crippen LogP contribution in [0.2, 0.25) is 0 Å². The molecule has 0 radical (unpaired) electrons. The molecule has 112 valence electrons. The summed E-state index contributed by atoms with van der Waals surface area (Å²) in [5.74, 6) is 0. The van der Waals surface area contributed by atoms with Crippen LogP contribution in [0.3, 0.4) is 0 Å². The minimum Gasteiger partial charge on any atom is -0.399 e. The third kappa shape index (κ3) is 2.46. The van der Waals surface area contributed by atoms with Gasteiger partial charge in [0.2, 0.25) is 0 Å². The van der Waals surface area contributed by atoms with E-state index in [0.29, 0.717) is 0 Å². The Bertz CT molecular complexity index is 710. The smallest absolute Gasteiger partial charge is 0.399 e. The first-order valence-electron chi connectivity index (χ1n) is 7.04. The van der Waals surface area contributed by atoms with Gasteiger partial charge in [-0.2, -0.15) is 0 Å². The Morgan fingerprint density at radius 2 is 1.71 bits per heavy atom. The van der Waals surface area contributed by atoms with E-state index in [4.69, 9.17) is 9.31 Å². The van der Waals surface area contributed by atoms with Gasteiger partial charge in [0.25, 0.3) is 0 Å². The Labute approximate surface area is 142 Å². The number of halogens is 1. The van der Waals surface area contributed by atoms with Gasteiger partial charge in [-0.3, -0.25) is 0 Å². The molecule has 2 heterocycles. The van der Waals surface area contributed by atoms with Crippen LogP contribution < -0.4 is 5.46 Å². The summed E-state index contributed by atoms with van der Waals surface area (Å²) in [6.07, 6.45) is 2.11. The highest BCUT2D eigenvalue weighted by Gasteiger charge is 2.52. The van der Waals surface area contributed by atoms with Crippen LogP contribution in [0.4, 0.5) is 0 Å². The van der Waals surface area contributed by atoms with E-state index < -0.39 is 0 Å². The fourth-order valence-corrected chi connectivity index (χ4v) is 4.00. The van der Waals surface area contributed by atoms with Crippen molar-refractivity contribution < 1.29 is 9.31 Å². The fourth-order valence-electron chi connectivity index (χ4n) is 2.60. The summed E-state index contributed by atoms with van der Waals surface area (Å²) in [4.78, 5) is 0. The average molecular weight is 415 g/mol. The van der Waals surface area contributed by atoms with Gasteiger partial charge >= 0.3 is 7.12 Å². The molecule has 1 aliphatic heterocycles. The van der Waals surface area contributed by atoms with Gasteiger partial charge in [-0.05, 0) is 83.7 Å². The maximum absolute atomic E-state index is 6.19. The highest BCUT2D eigenvalue weighted by Crippen LogP contribution is 2.37. The van der Waals surface area contributed by atoms with E-state index in [9.17, 15) is 0 Å². The zero-order valence-electron chi connectivity index (χ0n) is 13.0. The lowest BCUT2D eigenvalue weighted by molar-refractivity contribution is 0.00578. The molecular weight excluding hydrogens is 395 g/mol. The minimum absolute atomic E-state index is 0.303. The number of aromatic nitrogens is 1. The molecule has 1 aliphatic rings. The zero-order chi connectivity index (χ0) is 15.6. The molecule has 2 aromatic rings. The van der Waals surface area contributed by atoms with E-state index in [0.717, 1.165) is 5.46 Å². The monoisotopic (exact) mass is 415 g/mol. The van der Waals surface area contributed by atoms with Gasteiger partial charge in [0.1, 0.15) is 0 Å². The summed E-state index contributed by atoms with van der Waals surface area (Å²) >= 11 is 2.37. The molecule has 0 bridgehead atoms. The third-order valence-electron chi connectivity index (χ3n) is 4.68. The second kappa shape index (κ2) is 4.95. The molecule has 1 aromatic carbocycles. The van der Waals surface area contributed by atoms with Crippen LogP contribution in [0.1, 0.15) is 33.3 Å². The van der Waals surface area contributed by atoms with E-state index in [-0.39, 0.29) is 18.3 Å². The molecule has 1 atom stereocenters. The first-order valence-corrected chi connectivity index (χ1v) is 8.64. The molecule has 0 spiro atoms. The van der Waals surface area contributed by atoms with Crippen molar-refractivity contribution in [2.45, 2.75) is 45.8 Å². The summed E-state index contributed by atoms with van der Waals surface area (Å²) in [7, 11) is 2.43. The van der Waals surface area contributed by atoms with Crippen LogP contribution in [-0.4, -0.2) is 22.7 Å². The van der Waals surface area contributed by atoms with Crippen molar-refractivity contribution in [1.29, 1.82) is 0 Å². The zero-order valence-corrected chi connectivity index (χ0v) is 16.3. The fraction of sp³-hybridized carbons (Fsp3) is 0.467. The van der Waals surface area contributed by atoms with Gasteiger partial charge in [-0.1, -0.05) is 6.07 Å². The summed E-state index contributed by atoms with van der Waals surface area (Å²) in [6, 6.07) is 4.40. The molecule has 0 N–H and O–H groups in total. The molecule has 0 saturated carbocycles. The van der Waals surface area contributed by atoms with E-state index in [2.05, 4.69) is 89.3 Å². The minimum atomic E-state index is -0.307. The second-order valence-electron chi connectivity index (χ2n) is 6.70. The molecule has 3 rings (SSSR count). The second-order valence-corrected chi connectivity index (χ2v) is 8.42. The Morgan fingerprint density at radius 1 is 1.14 bits per heavy atom. The van der Waals surface area contributed by atoms with E-state index in [1.54, 1.807) is 0 Å². The first kappa shape index (κ1) is 15.8. The van der Waals surface area contributed by atoms with Crippen molar-refractivity contribution in [2.75, 3.05) is 0 Å². The van der Waals surface area contributed by atoms with Crippen molar-refractivity contribution in [3.63, 3.8) is 0 Å². The van der Waals surface area contributed by atoms with Gasteiger partial charge in [0.15, 0.2) is 0 Å². The van der Waals surface area contributed by atoms with Gasteiger partial charge in [-0.25, -0.2) is 0 Å². The average Bonchev–Trinajstić information content (AvgIpc) is 2.73. The van der Waals surface area contributed by atoms with Crippen molar-refractivity contribution in [3.8, 4) is 0 Å². The standard InChI is InChI=1S/C15H20BINO2P/c1-9-6-13-10(12(17)8-18(13)21)7-11(9)16-19-14(2,3)15(4,5)20-16/h6-8H,21H2,1-5H3. The molecule has 1 fully saturated rings. The van der Waals surface area contributed by atoms with Crippen molar-refractivity contribution in [1.82, 2.24) is 4.34 Å². The molecule has 6 heteroatoms. The van der Waals surface area contributed by atoms with Crippen LogP contribution in [-0.2, 0) is 9.31 Å². The maximum atomic E-state index is 6.19. The summed E-state index contributed by atoms with van der Waals surface area (Å²) in [5.41, 5.74) is 2.91. The molecule has 0 amide bonds. The van der Waals surface area contributed by atoms with Crippen molar-refractivity contribution >= 4 is 55.5 Å². The quantitative estimate of drug-likeness (QED) is 0.405. The van der Waals surface area contributed by atoms with Gasteiger partial charge < -0.3 is 13.6 Å². The van der Waals surface area contributed by atoms with Gasteiger partial charge in [-0.15, -0.1) is 0 Å². The Balaban J connectivity index is 2.10. The largest absolute Gasteiger partial charge is 0.495 e. The molecule has 1 unspecified atom stereocenters. The number of fused-ring (bicyclic) bond motifs is 1. The van der Waals surface area contributed by atoms with E-state index in [1.165, 1.54) is 20.0 Å². The lowest BCUT2D eigenvalue weighted by Gasteiger charge is -2.32. The van der Waals surface area contributed by atoms with Gasteiger partial charge in [0, 0.05) is 15.2 Å². The molecule has 3 nitrogen and oxygen atoms in total. The van der Waals surface area contributed by atoms with Gasteiger partial charge in [0.05, 0.1) is 16.7 Å². The van der Waals surface area contributed by atoms with Crippen LogP contribution in [0.5, 0.6) is 0 Å². The Hall–Kier alpha value is -0.0951. The molecule has 21 heavy (non-hydrogen) atoms. The van der Waals surface area contributed by atoms with E-state index in [1.807, 2.05) is 0 Å². The van der Waals surface area contributed by atoms with Crippen molar-refractivity contribution in [3.05, 3.63) is 27.5 Å². The molecule has 0 aliphatic carbocycles. The normalized spacial score (nSPS) is 20.4.